The van der Waals surface area contributed by atoms with E-state index in [9.17, 15) is 9.18 Å². The average molecular weight is 532 g/mol. The third-order valence-electron chi connectivity index (χ3n) is 7.06. The molecule has 3 aromatic rings. The fraction of sp³-hybridized carbons (Fsp3) is 0.462. The quantitative estimate of drug-likeness (QED) is 0.365. The van der Waals surface area contributed by atoms with Crippen molar-refractivity contribution in [2.75, 3.05) is 26.2 Å². The standard InChI is InChI=1S/C24H28FN3O2S.C2H2O4/c1-2-18-19-7-11-28(15-29)14-23(19)31-22(18)8-12-27-9-5-16(6-10-27)24-20-4-3-17(25)13-21(20)30-26-24;3-1(4)2(5)6/h3-4,13,15-16H,2,5-12,14H2,1H3;(H,3,4)(H,5,6). The molecule has 0 saturated carbocycles. The summed E-state index contributed by atoms with van der Waals surface area (Å²) in [4.78, 5) is 36.7. The summed E-state index contributed by atoms with van der Waals surface area (Å²) in [6.07, 6.45) is 6.23. The molecule has 2 aromatic heterocycles. The number of nitrogens with zero attached hydrogens (tertiary/aromatic N) is 3. The number of aliphatic carboxylic acids is 2. The van der Waals surface area contributed by atoms with E-state index in [4.69, 9.17) is 24.3 Å². The molecule has 0 unspecified atom stereocenters. The molecule has 1 aromatic carbocycles. The second kappa shape index (κ2) is 11.8. The molecule has 2 aliphatic heterocycles. The molecule has 2 N–H and O–H groups in total. The Kier molecular flexibility index (Phi) is 8.55. The highest BCUT2D eigenvalue weighted by atomic mass is 32.1. The lowest BCUT2D eigenvalue weighted by Gasteiger charge is -2.31. The van der Waals surface area contributed by atoms with E-state index in [2.05, 4.69) is 17.0 Å². The van der Waals surface area contributed by atoms with E-state index in [1.807, 2.05) is 16.2 Å². The summed E-state index contributed by atoms with van der Waals surface area (Å²) in [5.74, 6) is -3.56. The van der Waals surface area contributed by atoms with Crippen LogP contribution in [0.15, 0.2) is 22.7 Å². The number of hydrogen-bond acceptors (Lipinski definition) is 7. The van der Waals surface area contributed by atoms with Crippen LogP contribution >= 0.6 is 11.3 Å². The van der Waals surface area contributed by atoms with Crippen molar-refractivity contribution in [3.63, 3.8) is 0 Å². The van der Waals surface area contributed by atoms with Crippen molar-refractivity contribution in [1.82, 2.24) is 15.0 Å². The zero-order valence-electron chi connectivity index (χ0n) is 20.6. The molecule has 0 atom stereocenters. The number of benzene rings is 1. The van der Waals surface area contributed by atoms with Crippen LogP contribution in [0.25, 0.3) is 11.0 Å². The topological polar surface area (TPSA) is 124 Å². The maximum atomic E-state index is 13.4. The maximum Gasteiger partial charge on any atom is 0.414 e. The van der Waals surface area contributed by atoms with Crippen molar-refractivity contribution in [3.8, 4) is 0 Å². The van der Waals surface area contributed by atoms with E-state index in [1.165, 1.54) is 33.0 Å². The lowest BCUT2D eigenvalue weighted by molar-refractivity contribution is -0.159. The number of thiophene rings is 1. The molecule has 37 heavy (non-hydrogen) atoms. The monoisotopic (exact) mass is 531 g/mol. The van der Waals surface area contributed by atoms with Crippen LogP contribution in [0.5, 0.6) is 0 Å². The zero-order chi connectivity index (χ0) is 26.5. The van der Waals surface area contributed by atoms with Crippen LogP contribution in [0, 0.1) is 5.82 Å². The molecule has 2 aliphatic rings. The minimum absolute atomic E-state index is 0.286. The Hall–Kier alpha value is -3.31. The number of piperidine rings is 1. The number of carbonyl (C=O) groups excluding carboxylic acids is 1. The number of rotatable bonds is 6. The molecule has 198 valence electrons. The SMILES string of the molecule is CCc1c(CCN2CCC(c3noc4cc(F)ccc34)CC2)sc2c1CCN(C=O)C2.O=C(O)C(=O)O. The summed E-state index contributed by atoms with van der Waals surface area (Å²) in [6.45, 7) is 7.03. The molecular weight excluding hydrogens is 501 g/mol. The van der Waals surface area contributed by atoms with Gasteiger partial charge in [-0.25, -0.2) is 14.0 Å². The number of carboxylic acid groups (broad SMARTS) is 2. The molecule has 9 nitrogen and oxygen atoms in total. The van der Waals surface area contributed by atoms with E-state index < -0.39 is 11.9 Å². The third kappa shape index (κ3) is 6.16. The van der Waals surface area contributed by atoms with Gasteiger partial charge in [0.15, 0.2) is 5.58 Å². The predicted molar refractivity (Wildman–Crippen MR) is 135 cm³/mol. The highest BCUT2D eigenvalue weighted by Gasteiger charge is 2.26. The number of halogens is 1. The molecule has 0 aliphatic carbocycles. The van der Waals surface area contributed by atoms with Crippen molar-refractivity contribution in [1.29, 1.82) is 0 Å². The Balaban J connectivity index is 0.000000480. The fourth-order valence-corrected chi connectivity index (χ4v) is 6.62. The van der Waals surface area contributed by atoms with Gasteiger partial charge < -0.3 is 24.5 Å². The molecule has 0 bridgehead atoms. The highest BCUT2D eigenvalue weighted by molar-refractivity contribution is 7.12. The van der Waals surface area contributed by atoms with Crippen LogP contribution in [-0.2, 0) is 40.2 Å². The fourth-order valence-electron chi connectivity index (χ4n) is 5.16. The first-order valence-electron chi connectivity index (χ1n) is 12.4. The zero-order valence-corrected chi connectivity index (χ0v) is 21.4. The van der Waals surface area contributed by atoms with Gasteiger partial charge in [0.25, 0.3) is 0 Å². The summed E-state index contributed by atoms with van der Waals surface area (Å²) < 4.78 is 18.8. The van der Waals surface area contributed by atoms with Crippen molar-refractivity contribution in [2.45, 2.75) is 51.5 Å². The van der Waals surface area contributed by atoms with Gasteiger partial charge in [-0.15, -0.1) is 11.3 Å². The number of hydrogen-bond donors (Lipinski definition) is 2. The Morgan fingerprint density at radius 1 is 1.22 bits per heavy atom. The smallest absolute Gasteiger partial charge is 0.414 e. The van der Waals surface area contributed by atoms with Gasteiger partial charge >= 0.3 is 11.9 Å². The second-order valence-corrected chi connectivity index (χ2v) is 10.5. The van der Waals surface area contributed by atoms with Gasteiger partial charge in [-0.1, -0.05) is 12.1 Å². The number of fused-ring (bicyclic) bond motifs is 2. The minimum Gasteiger partial charge on any atom is -0.473 e. The normalized spacial score (nSPS) is 16.2. The summed E-state index contributed by atoms with van der Waals surface area (Å²) in [7, 11) is 0. The number of amides is 1. The van der Waals surface area contributed by atoms with Crippen LogP contribution in [-0.4, -0.2) is 69.7 Å². The van der Waals surface area contributed by atoms with Gasteiger partial charge in [-0.3, -0.25) is 4.79 Å². The molecule has 11 heteroatoms. The van der Waals surface area contributed by atoms with E-state index in [1.54, 1.807) is 6.07 Å². The van der Waals surface area contributed by atoms with Gasteiger partial charge in [0.1, 0.15) is 5.82 Å². The largest absolute Gasteiger partial charge is 0.473 e. The van der Waals surface area contributed by atoms with E-state index >= 15 is 0 Å². The molecule has 5 rings (SSSR count). The summed E-state index contributed by atoms with van der Waals surface area (Å²) in [6, 6.07) is 4.69. The van der Waals surface area contributed by atoms with E-state index in [-0.39, 0.29) is 5.82 Å². The summed E-state index contributed by atoms with van der Waals surface area (Å²) in [5, 5.41) is 20.0. The van der Waals surface area contributed by atoms with Gasteiger partial charge in [0.2, 0.25) is 6.41 Å². The Bertz CT molecular complexity index is 1270. The molecule has 1 amide bonds. The van der Waals surface area contributed by atoms with Gasteiger partial charge in [0.05, 0.1) is 12.2 Å². The third-order valence-corrected chi connectivity index (χ3v) is 8.38. The lowest BCUT2D eigenvalue weighted by atomic mass is 9.91. The van der Waals surface area contributed by atoms with Crippen LogP contribution in [0.2, 0.25) is 0 Å². The maximum absolute atomic E-state index is 13.4. The molecule has 0 spiro atoms. The van der Waals surface area contributed by atoms with Gasteiger partial charge in [-0.2, -0.15) is 0 Å². The molecular formula is C26H30FN3O6S. The molecule has 1 saturated heterocycles. The van der Waals surface area contributed by atoms with Crippen LogP contribution < -0.4 is 0 Å². The number of aromatic nitrogens is 1. The Morgan fingerprint density at radius 2 is 1.95 bits per heavy atom. The predicted octanol–water partition coefficient (Wildman–Crippen LogP) is 3.68. The first kappa shape index (κ1) is 26.7. The first-order valence-corrected chi connectivity index (χ1v) is 13.2. The Labute approximate surface area is 217 Å². The number of likely N-dealkylation sites (tertiary alicyclic amines) is 1. The van der Waals surface area contributed by atoms with Crippen molar-refractivity contribution >= 4 is 40.7 Å². The van der Waals surface area contributed by atoms with Crippen molar-refractivity contribution in [3.05, 3.63) is 50.6 Å². The Morgan fingerprint density at radius 3 is 2.59 bits per heavy atom. The van der Waals surface area contributed by atoms with E-state index in [0.29, 0.717) is 11.5 Å². The van der Waals surface area contributed by atoms with Crippen LogP contribution in [0.1, 0.15) is 52.3 Å². The van der Waals surface area contributed by atoms with Crippen molar-refractivity contribution < 1.29 is 33.5 Å². The number of carbonyl (C=O) groups is 3. The first-order chi connectivity index (χ1) is 17.8. The van der Waals surface area contributed by atoms with E-state index in [0.717, 1.165) is 82.3 Å². The lowest BCUT2D eigenvalue weighted by Crippen LogP contribution is -2.34. The summed E-state index contributed by atoms with van der Waals surface area (Å²) in [5.41, 5.74) is 4.56. The second-order valence-electron chi connectivity index (χ2n) is 9.27. The van der Waals surface area contributed by atoms with Crippen molar-refractivity contribution in [2.24, 2.45) is 0 Å². The summed E-state index contributed by atoms with van der Waals surface area (Å²) >= 11 is 1.92. The van der Waals surface area contributed by atoms with Crippen LogP contribution in [0.3, 0.4) is 0 Å². The van der Waals surface area contributed by atoms with Gasteiger partial charge in [-0.05, 0) is 68.5 Å². The highest BCUT2D eigenvalue weighted by Crippen LogP contribution is 2.35. The van der Waals surface area contributed by atoms with Crippen LogP contribution in [0.4, 0.5) is 4.39 Å². The molecule has 4 heterocycles. The average Bonchev–Trinajstić information content (AvgIpc) is 3.47. The number of carboxylic acids is 2. The molecule has 0 radical (unpaired) electrons. The molecule has 1 fully saturated rings. The minimum atomic E-state index is -1.82. The van der Waals surface area contributed by atoms with Gasteiger partial charge in [0, 0.05) is 40.2 Å².